The third-order valence-electron chi connectivity index (χ3n) is 10.8. The van der Waals surface area contributed by atoms with E-state index in [4.69, 9.17) is 9.97 Å². The van der Waals surface area contributed by atoms with Crippen LogP contribution in [-0.2, 0) is 6.42 Å². The highest BCUT2D eigenvalue weighted by molar-refractivity contribution is 6.12. The molecule has 0 spiro atoms. The number of hydrogen-bond acceptors (Lipinski definition) is 2. The van der Waals surface area contributed by atoms with Crippen molar-refractivity contribution in [3.05, 3.63) is 239 Å². The molecule has 0 unspecified atom stereocenters. The molecule has 2 aromatic heterocycles. The van der Waals surface area contributed by atoms with Gasteiger partial charge in [0.15, 0.2) is 0 Å². The lowest BCUT2D eigenvalue weighted by atomic mass is 9.85. The second-order valence-electron chi connectivity index (χ2n) is 14.3. The lowest BCUT2D eigenvalue weighted by Crippen LogP contribution is -2.01. The van der Waals surface area contributed by atoms with E-state index in [-0.39, 0.29) is 0 Å². The SMILES string of the molecule is C=C/C=C(/c1ccccc1)c1ccc(/C(=C\C=C)c2cccc(Cc3cc(-c4ccccc4)c4ccc5c(-c6ccccc6)cc(C)nc5c4n3)c2)c(C)c1C. The van der Waals surface area contributed by atoms with Crippen LogP contribution in [0.4, 0.5) is 0 Å². The van der Waals surface area contributed by atoms with E-state index in [1.54, 1.807) is 0 Å². The van der Waals surface area contributed by atoms with Crippen molar-refractivity contribution in [3.8, 4) is 22.3 Å². The number of benzene rings is 6. The van der Waals surface area contributed by atoms with E-state index in [1.807, 2.05) is 12.2 Å². The Hall–Kier alpha value is -6.90. The minimum atomic E-state index is 0.669. The molecule has 2 nitrogen and oxygen atoms in total. The molecule has 0 saturated carbocycles. The topological polar surface area (TPSA) is 25.8 Å². The summed E-state index contributed by atoms with van der Waals surface area (Å²) in [6, 6.07) is 54.0. The molecule has 0 aliphatic rings. The summed E-state index contributed by atoms with van der Waals surface area (Å²) in [5, 5.41) is 2.20. The van der Waals surface area contributed by atoms with Crippen LogP contribution in [0.1, 0.15) is 50.3 Å². The van der Waals surface area contributed by atoms with Gasteiger partial charge in [0.1, 0.15) is 0 Å². The Labute approximate surface area is 330 Å². The van der Waals surface area contributed by atoms with Gasteiger partial charge < -0.3 is 0 Å². The van der Waals surface area contributed by atoms with Crippen molar-refractivity contribution in [2.24, 2.45) is 0 Å². The minimum Gasteiger partial charge on any atom is -0.251 e. The highest BCUT2D eigenvalue weighted by Gasteiger charge is 2.18. The van der Waals surface area contributed by atoms with Crippen molar-refractivity contribution in [2.75, 3.05) is 0 Å². The number of rotatable bonds is 10. The summed E-state index contributed by atoms with van der Waals surface area (Å²) < 4.78 is 0. The molecule has 0 radical (unpaired) electrons. The maximum Gasteiger partial charge on any atom is 0.0974 e. The monoisotopic (exact) mass is 720 g/mol. The number of hydrogen-bond donors (Lipinski definition) is 0. The van der Waals surface area contributed by atoms with E-state index in [0.29, 0.717) is 6.42 Å². The van der Waals surface area contributed by atoms with Gasteiger partial charge in [-0.05, 0) is 105 Å². The molecule has 0 amide bonds. The fourth-order valence-corrected chi connectivity index (χ4v) is 7.96. The number of nitrogens with zero attached hydrogens (tertiary/aromatic N) is 2. The van der Waals surface area contributed by atoms with E-state index in [2.05, 4.69) is 198 Å². The van der Waals surface area contributed by atoms with Crippen molar-refractivity contribution >= 4 is 33.0 Å². The molecule has 56 heavy (non-hydrogen) atoms. The average Bonchev–Trinajstić information content (AvgIpc) is 3.24. The first-order valence-electron chi connectivity index (χ1n) is 19.2. The minimum absolute atomic E-state index is 0.669. The van der Waals surface area contributed by atoms with Crippen LogP contribution in [-0.4, -0.2) is 9.97 Å². The van der Waals surface area contributed by atoms with Gasteiger partial charge >= 0.3 is 0 Å². The molecule has 0 aliphatic carbocycles. The van der Waals surface area contributed by atoms with E-state index in [1.165, 1.54) is 44.5 Å². The summed E-state index contributed by atoms with van der Waals surface area (Å²) >= 11 is 0. The Kier molecular flexibility index (Phi) is 10.2. The molecule has 8 aromatic rings. The highest BCUT2D eigenvalue weighted by Crippen LogP contribution is 2.38. The summed E-state index contributed by atoms with van der Waals surface area (Å²) in [5.41, 5.74) is 19.2. The molecule has 0 aliphatic heterocycles. The Morgan fingerprint density at radius 2 is 1.00 bits per heavy atom. The quantitative estimate of drug-likeness (QED) is 0.104. The molecule has 2 heteroatoms. The molecule has 0 saturated heterocycles. The summed E-state index contributed by atoms with van der Waals surface area (Å²) in [5.74, 6) is 0. The lowest BCUT2D eigenvalue weighted by Gasteiger charge is -2.19. The van der Waals surface area contributed by atoms with Crippen molar-refractivity contribution in [1.82, 2.24) is 9.97 Å². The molecule has 2 heterocycles. The van der Waals surface area contributed by atoms with Crippen molar-refractivity contribution in [2.45, 2.75) is 27.2 Å². The van der Waals surface area contributed by atoms with Crippen LogP contribution >= 0.6 is 0 Å². The average molecular weight is 721 g/mol. The first kappa shape index (κ1) is 36.1. The summed E-state index contributed by atoms with van der Waals surface area (Å²) in [4.78, 5) is 10.6. The lowest BCUT2D eigenvalue weighted by molar-refractivity contribution is 1.10. The molecule has 0 fully saturated rings. The number of pyridine rings is 2. The van der Waals surface area contributed by atoms with E-state index in [0.717, 1.165) is 61.0 Å². The largest absolute Gasteiger partial charge is 0.251 e. The third kappa shape index (κ3) is 7.06. The normalized spacial score (nSPS) is 11.9. The van der Waals surface area contributed by atoms with E-state index in [9.17, 15) is 0 Å². The van der Waals surface area contributed by atoms with Gasteiger partial charge in [-0.15, -0.1) is 0 Å². The van der Waals surface area contributed by atoms with Crippen LogP contribution in [0.25, 0.3) is 55.2 Å². The van der Waals surface area contributed by atoms with Gasteiger partial charge in [0.25, 0.3) is 0 Å². The second-order valence-corrected chi connectivity index (χ2v) is 14.3. The van der Waals surface area contributed by atoms with Gasteiger partial charge in [-0.2, -0.15) is 0 Å². The first-order chi connectivity index (χ1) is 27.4. The smallest absolute Gasteiger partial charge is 0.0974 e. The Balaban J connectivity index is 1.22. The summed E-state index contributed by atoms with van der Waals surface area (Å²) in [6.45, 7) is 14.6. The van der Waals surface area contributed by atoms with Crippen molar-refractivity contribution in [3.63, 3.8) is 0 Å². The standard InChI is InChI=1S/C54H44N2/c1-6-18-47(40-21-11-8-12-22-40)45-28-29-46(38(5)37(45)4)48(19-7-2)43-27-17-20-39(33-43)34-44-35-52(42-25-15-10-16-26-42)50-31-30-49-51(41-23-13-9-14-24-41)32-36(3)55-53(49)54(50)56-44/h6-33,35H,1-2,34H2,3-5H3/b47-18-,48-19-. The second kappa shape index (κ2) is 15.8. The summed E-state index contributed by atoms with van der Waals surface area (Å²) in [7, 11) is 0. The van der Waals surface area contributed by atoms with E-state index < -0.39 is 0 Å². The number of aromatic nitrogens is 2. The number of allylic oxidation sites excluding steroid dienone is 4. The van der Waals surface area contributed by atoms with Crippen LogP contribution < -0.4 is 0 Å². The zero-order chi connectivity index (χ0) is 38.6. The summed E-state index contributed by atoms with van der Waals surface area (Å²) in [6.07, 6.45) is 8.66. The van der Waals surface area contributed by atoms with E-state index >= 15 is 0 Å². The molecule has 0 N–H and O–H groups in total. The highest BCUT2D eigenvalue weighted by atomic mass is 14.8. The van der Waals surface area contributed by atoms with Gasteiger partial charge in [0, 0.05) is 28.6 Å². The fourth-order valence-electron chi connectivity index (χ4n) is 7.96. The van der Waals surface area contributed by atoms with Crippen LogP contribution in [0.2, 0.25) is 0 Å². The van der Waals surface area contributed by atoms with Crippen LogP contribution in [0.15, 0.2) is 189 Å². The molecule has 6 aromatic carbocycles. The van der Waals surface area contributed by atoms with Crippen molar-refractivity contribution < 1.29 is 0 Å². The molecule has 0 bridgehead atoms. The third-order valence-corrected chi connectivity index (χ3v) is 10.8. The Bertz CT molecular complexity index is 2810. The zero-order valence-corrected chi connectivity index (χ0v) is 32.3. The zero-order valence-electron chi connectivity index (χ0n) is 32.3. The van der Waals surface area contributed by atoms with Gasteiger partial charge in [0.05, 0.1) is 11.0 Å². The van der Waals surface area contributed by atoms with Crippen LogP contribution in [0.5, 0.6) is 0 Å². The maximum absolute atomic E-state index is 5.42. The van der Waals surface area contributed by atoms with Gasteiger partial charge in [-0.25, -0.2) is 0 Å². The Morgan fingerprint density at radius 1 is 0.500 bits per heavy atom. The van der Waals surface area contributed by atoms with Crippen LogP contribution in [0, 0.1) is 20.8 Å². The first-order valence-corrected chi connectivity index (χ1v) is 19.2. The fraction of sp³-hybridized carbons (Fsp3) is 0.0741. The molecular formula is C54H44N2. The number of fused-ring (bicyclic) bond motifs is 3. The number of aryl methyl sites for hydroxylation is 1. The van der Waals surface area contributed by atoms with Gasteiger partial charge in [-0.3, -0.25) is 9.97 Å². The molecule has 0 atom stereocenters. The molecule has 270 valence electrons. The molecular weight excluding hydrogens is 677 g/mol. The Morgan fingerprint density at radius 3 is 1.57 bits per heavy atom. The predicted octanol–water partition coefficient (Wildman–Crippen LogP) is 13.9. The van der Waals surface area contributed by atoms with Crippen molar-refractivity contribution in [1.29, 1.82) is 0 Å². The molecule has 8 rings (SSSR count). The maximum atomic E-state index is 5.42. The predicted molar refractivity (Wildman–Crippen MR) is 239 cm³/mol. The van der Waals surface area contributed by atoms with Crippen LogP contribution in [0.3, 0.4) is 0 Å². The van der Waals surface area contributed by atoms with Gasteiger partial charge in [0.2, 0.25) is 0 Å². The van der Waals surface area contributed by atoms with Gasteiger partial charge in [-0.1, -0.05) is 177 Å².